The van der Waals surface area contributed by atoms with Gasteiger partial charge in [0.05, 0.1) is 12.0 Å². The van der Waals surface area contributed by atoms with Gasteiger partial charge in [-0.25, -0.2) is 4.79 Å². The molecular weight excluding hydrogens is 316 g/mol. The molecule has 2 aromatic rings. The van der Waals surface area contributed by atoms with Crippen LogP contribution in [0.15, 0.2) is 46.4 Å². The number of nitro benzene ring substituents is 1. The van der Waals surface area contributed by atoms with E-state index in [1.165, 1.54) is 31.4 Å². The Morgan fingerprint density at radius 3 is 2.79 bits per heavy atom. The molecule has 0 N–H and O–H groups in total. The molecule has 24 heavy (non-hydrogen) atoms. The van der Waals surface area contributed by atoms with E-state index in [0.717, 1.165) is 0 Å². The monoisotopic (exact) mass is 328 g/mol. The average Bonchev–Trinajstić information content (AvgIpc) is 3.04. The molecule has 0 spiro atoms. The highest BCUT2D eigenvalue weighted by Gasteiger charge is 2.15. The van der Waals surface area contributed by atoms with Crippen LogP contribution in [0.25, 0.3) is 6.08 Å². The molecule has 1 aromatic heterocycles. The van der Waals surface area contributed by atoms with E-state index in [-0.39, 0.29) is 29.4 Å². The Hall–Kier alpha value is -3.60. The first kappa shape index (κ1) is 16.8. The summed E-state index contributed by atoms with van der Waals surface area (Å²) in [7, 11) is 1.17. The number of ether oxygens (including phenoxy) is 2. The second-order valence-corrected chi connectivity index (χ2v) is 4.48. The van der Waals surface area contributed by atoms with Gasteiger partial charge in [0.15, 0.2) is 5.75 Å². The van der Waals surface area contributed by atoms with Crippen molar-refractivity contribution in [2.45, 2.75) is 6.61 Å². The predicted molar refractivity (Wildman–Crippen MR) is 81.7 cm³/mol. The van der Waals surface area contributed by atoms with E-state index in [9.17, 15) is 14.9 Å². The standard InChI is InChI=1S/C16H12N2O6/c1-22-16(19)11(9-17)8-12-6-7-13(24-12)10-23-15-5-3-2-4-14(15)18(20)21/h2-8H,10H2,1H3/b11-8+. The molecule has 0 radical (unpaired) electrons. The number of rotatable bonds is 6. The minimum atomic E-state index is -0.772. The average molecular weight is 328 g/mol. The van der Waals surface area contributed by atoms with E-state index in [0.29, 0.717) is 5.76 Å². The van der Waals surface area contributed by atoms with Crippen molar-refractivity contribution < 1.29 is 23.6 Å². The molecular formula is C16H12N2O6. The van der Waals surface area contributed by atoms with Crippen LogP contribution in [0.5, 0.6) is 5.75 Å². The molecule has 0 atom stereocenters. The third-order valence-corrected chi connectivity index (χ3v) is 2.93. The highest BCUT2D eigenvalue weighted by molar-refractivity contribution is 5.97. The third kappa shape index (κ3) is 3.98. The lowest BCUT2D eigenvalue weighted by molar-refractivity contribution is -0.386. The summed E-state index contributed by atoms with van der Waals surface area (Å²) in [6.07, 6.45) is 1.24. The molecule has 0 saturated heterocycles. The highest BCUT2D eigenvalue weighted by Crippen LogP contribution is 2.27. The maximum Gasteiger partial charge on any atom is 0.348 e. The van der Waals surface area contributed by atoms with Gasteiger partial charge in [-0.1, -0.05) is 12.1 Å². The fourth-order valence-corrected chi connectivity index (χ4v) is 1.82. The van der Waals surface area contributed by atoms with E-state index >= 15 is 0 Å². The third-order valence-electron chi connectivity index (χ3n) is 2.93. The van der Waals surface area contributed by atoms with Crippen molar-refractivity contribution in [2.75, 3.05) is 7.11 Å². The number of para-hydroxylation sites is 2. The second-order valence-electron chi connectivity index (χ2n) is 4.48. The van der Waals surface area contributed by atoms with Gasteiger partial charge in [0.25, 0.3) is 0 Å². The number of nitrogens with zero attached hydrogens (tertiary/aromatic N) is 2. The van der Waals surface area contributed by atoms with Crippen molar-refractivity contribution in [1.82, 2.24) is 0 Å². The molecule has 8 nitrogen and oxygen atoms in total. The van der Waals surface area contributed by atoms with Crippen LogP contribution in [0.2, 0.25) is 0 Å². The molecule has 1 heterocycles. The molecule has 2 rings (SSSR count). The van der Waals surface area contributed by atoms with Crippen LogP contribution in [0.1, 0.15) is 11.5 Å². The van der Waals surface area contributed by atoms with Crippen molar-refractivity contribution in [3.05, 3.63) is 63.6 Å². The Kier molecular flexibility index (Phi) is 5.31. The Bertz CT molecular complexity index is 831. The number of carbonyl (C=O) groups excluding carboxylic acids is 1. The van der Waals surface area contributed by atoms with Crippen LogP contribution in [-0.2, 0) is 16.1 Å². The number of esters is 1. The highest BCUT2D eigenvalue weighted by atomic mass is 16.6. The van der Waals surface area contributed by atoms with Gasteiger partial charge in [0.2, 0.25) is 0 Å². The minimum Gasteiger partial charge on any atom is -0.479 e. The smallest absolute Gasteiger partial charge is 0.348 e. The van der Waals surface area contributed by atoms with Crippen molar-refractivity contribution in [2.24, 2.45) is 0 Å². The van der Waals surface area contributed by atoms with Crippen LogP contribution in [0.4, 0.5) is 5.69 Å². The lowest BCUT2D eigenvalue weighted by Gasteiger charge is -2.04. The molecule has 0 aliphatic rings. The summed E-state index contributed by atoms with van der Waals surface area (Å²) in [5.74, 6) is -0.0189. The molecule has 1 aromatic carbocycles. The van der Waals surface area contributed by atoms with Crippen LogP contribution in [0, 0.1) is 21.4 Å². The first-order valence-corrected chi connectivity index (χ1v) is 6.70. The van der Waals surface area contributed by atoms with Crippen LogP contribution >= 0.6 is 0 Å². The van der Waals surface area contributed by atoms with Gasteiger partial charge >= 0.3 is 11.7 Å². The number of nitriles is 1. The van der Waals surface area contributed by atoms with E-state index in [1.54, 1.807) is 24.3 Å². The fraction of sp³-hybridized carbons (Fsp3) is 0.125. The zero-order valence-corrected chi connectivity index (χ0v) is 12.6. The summed E-state index contributed by atoms with van der Waals surface area (Å²) in [4.78, 5) is 21.7. The number of hydrogen-bond donors (Lipinski definition) is 0. The van der Waals surface area contributed by atoms with Gasteiger partial charge in [0.1, 0.15) is 29.8 Å². The zero-order chi connectivity index (χ0) is 17.5. The minimum absolute atomic E-state index is 0.0429. The largest absolute Gasteiger partial charge is 0.479 e. The molecule has 122 valence electrons. The lowest BCUT2D eigenvalue weighted by Crippen LogP contribution is -2.02. The van der Waals surface area contributed by atoms with Gasteiger partial charge in [-0.3, -0.25) is 10.1 Å². The Morgan fingerprint density at radius 2 is 2.12 bits per heavy atom. The van der Waals surface area contributed by atoms with Gasteiger partial charge in [0, 0.05) is 12.1 Å². The molecule has 0 aliphatic carbocycles. The van der Waals surface area contributed by atoms with E-state index in [1.807, 2.05) is 0 Å². The van der Waals surface area contributed by atoms with Gasteiger partial charge in [-0.05, 0) is 18.2 Å². The number of benzene rings is 1. The van der Waals surface area contributed by atoms with Crippen LogP contribution in [0.3, 0.4) is 0 Å². The SMILES string of the molecule is COC(=O)/C(C#N)=C/c1ccc(COc2ccccc2[N+](=O)[O-])o1. The van der Waals surface area contributed by atoms with Gasteiger partial charge in [-0.15, -0.1) is 0 Å². The molecule has 0 bridgehead atoms. The first-order valence-electron chi connectivity index (χ1n) is 6.70. The van der Waals surface area contributed by atoms with E-state index in [4.69, 9.17) is 14.4 Å². The second kappa shape index (κ2) is 7.60. The number of methoxy groups -OCH3 is 1. The van der Waals surface area contributed by atoms with E-state index < -0.39 is 10.9 Å². The summed E-state index contributed by atoms with van der Waals surface area (Å²) < 4.78 is 15.3. The molecule has 0 fully saturated rings. The number of hydrogen-bond acceptors (Lipinski definition) is 7. The number of carbonyl (C=O) groups is 1. The first-order chi connectivity index (χ1) is 11.5. The van der Waals surface area contributed by atoms with Crippen molar-refractivity contribution >= 4 is 17.7 Å². The van der Waals surface area contributed by atoms with Gasteiger partial charge in [-0.2, -0.15) is 5.26 Å². The molecule has 0 saturated carbocycles. The van der Waals surface area contributed by atoms with Crippen molar-refractivity contribution in [3.63, 3.8) is 0 Å². The fourth-order valence-electron chi connectivity index (χ4n) is 1.82. The molecule has 0 unspecified atom stereocenters. The Balaban J connectivity index is 2.10. The maximum absolute atomic E-state index is 11.3. The summed E-state index contributed by atoms with van der Waals surface area (Å²) in [6, 6.07) is 10.8. The summed E-state index contributed by atoms with van der Waals surface area (Å²) in [5.41, 5.74) is -0.361. The Labute approximate surface area is 136 Å². The zero-order valence-electron chi connectivity index (χ0n) is 12.6. The number of furan rings is 1. The van der Waals surface area contributed by atoms with Crippen molar-refractivity contribution in [3.8, 4) is 11.8 Å². The van der Waals surface area contributed by atoms with Crippen molar-refractivity contribution in [1.29, 1.82) is 5.26 Å². The topological polar surface area (TPSA) is 116 Å². The quantitative estimate of drug-likeness (QED) is 0.263. The summed E-state index contributed by atoms with van der Waals surface area (Å²) in [6.45, 7) is -0.0429. The summed E-state index contributed by atoms with van der Waals surface area (Å²) >= 11 is 0. The molecule has 0 aliphatic heterocycles. The maximum atomic E-state index is 11.3. The summed E-state index contributed by atoms with van der Waals surface area (Å²) in [5, 5.41) is 19.8. The molecule has 8 heteroatoms. The van der Waals surface area contributed by atoms with Gasteiger partial charge < -0.3 is 13.9 Å². The van der Waals surface area contributed by atoms with Crippen LogP contribution < -0.4 is 4.74 Å². The normalized spacial score (nSPS) is 10.8. The van der Waals surface area contributed by atoms with E-state index in [2.05, 4.69) is 4.74 Å². The molecule has 0 amide bonds. The predicted octanol–water partition coefficient (Wildman–Crippen LogP) is 2.85. The number of nitro groups is 1. The lowest BCUT2D eigenvalue weighted by atomic mass is 10.2. The van der Waals surface area contributed by atoms with Crippen LogP contribution in [-0.4, -0.2) is 18.0 Å². The Morgan fingerprint density at radius 1 is 1.38 bits per heavy atom.